The number of fused-ring (bicyclic) bond motifs is 1. The number of carbonyl (C=O) groups excluding carboxylic acids is 3. The first-order chi connectivity index (χ1) is 13.2. The number of hydrogen-bond acceptors (Lipinski definition) is 10. The zero-order valence-electron chi connectivity index (χ0n) is 16.0. The van der Waals surface area contributed by atoms with Crippen molar-refractivity contribution >= 4 is 63.2 Å². The van der Waals surface area contributed by atoms with Gasteiger partial charge >= 0.3 is 59.2 Å². The van der Waals surface area contributed by atoms with Crippen LogP contribution in [-0.4, -0.2) is 106 Å². The van der Waals surface area contributed by atoms with Gasteiger partial charge in [-0.05, 0) is 6.92 Å². The Labute approximate surface area is 193 Å². The summed E-state index contributed by atoms with van der Waals surface area (Å²) < 4.78 is 33.4. The third kappa shape index (κ3) is 3.45. The van der Waals surface area contributed by atoms with E-state index in [1.807, 2.05) is 0 Å². The summed E-state index contributed by atoms with van der Waals surface area (Å²) in [7, 11) is -2.82. The van der Waals surface area contributed by atoms with Crippen molar-refractivity contribution in [1.82, 2.24) is 4.90 Å². The summed E-state index contributed by atoms with van der Waals surface area (Å²) in [6, 6.07) is -1.67. The van der Waals surface area contributed by atoms with E-state index in [0.717, 1.165) is 18.7 Å². The maximum atomic E-state index is 13.1. The molecule has 1 amide bonds. The number of sulfone groups is 1. The Kier molecular flexibility index (Phi) is 6.24. The Morgan fingerprint density at radius 2 is 1.83 bits per heavy atom. The second kappa shape index (κ2) is 7.67. The van der Waals surface area contributed by atoms with Gasteiger partial charge in [0, 0.05) is 19.1 Å². The summed E-state index contributed by atoms with van der Waals surface area (Å²) in [5, 5.41) is 16.0. The summed E-state index contributed by atoms with van der Waals surface area (Å²) in [5.41, 5.74) is 0. The van der Waals surface area contributed by atoms with Crippen molar-refractivity contribution in [2.45, 2.75) is 43.4 Å². The van der Waals surface area contributed by atoms with Gasteiger partial charge < -0.3 is 19.5 Å². The molecule has 0 bridgehead atoms. The predicted octanol–water partition coefficient (Wildman–Crippen LogP) is -1.38. The van der Waals surface area contributed by atoms with Crippen LogP contribution in [0.3, 0.4) is 0 Å². The second-order valence-electron chi connectivity index (χ2n) is 7.34. The van der Waals surface area contributed by atoms with E-state index in [4.69, 9.17) is 9.47 Å². The molecule has 0 saturated carbocycles. The van der Waals surface area contributed by atoms with Gasteiger partial charge in [-0.3, -0.25) is 14.4 Å². The first-order valence-corrected chi connectivity index (χ1v) is 9.97. The van der Waals surface area contributed by atoms with Crippen LogP contribution in [-0.2, 0) is 38.5 Å². The molecule has 0 aromatic heterocycles. The monoisotopic (exact) mass is 455 g/mol. The topological polar surface area (TPSA) is 169 Å². The molecule has 3 heterocycles. The molecule has 0 radical (unpaired) electrons. The fourth-order valence-electron chi connectivity index (χ4n) is 3.91. The third-order valence-corrected chi connectivity index (χ3v) is 7.86. The summed E-state index contributed by atoms with van der Waals surface area (Å²) >= 11 is 0. The molecule has 2 fully saturated rings. The molecule has 1 N–H and O–H groups in total. The Morgan fingerprint density at radius 3 is 2.30 bits per heavy atom. The summed E-state index contributed by atoms with van der Waals surface area (Å²) in [6.07, 6.45) is -0.307. The Balaban J connectivity index is 0.00000320. The fraction of sp³-hybridized carbons (Fsp3) is 0.600. The first kappa shape index (κ1) is 24.4. The van der Waals surface area contributed by atoms with Crippen LogP contribution in [0.15, 0.2) is 22.1 Å². The number of carboxylic acid groups (broad SMARTS) is 1. The molecule has 15 heteroatoms. The number of β-lactam (4-membered cyclic amide) rings is 1. The number of esters is 2. The molecule has 3 rings (SSSR count). The third-order valence-electron chi connectivity index (χ3n) is 5.10. The molecule has 160 valence electrons. The number of hydrogen-bond donors (Lipinski definition) is 1. The molecule has 0 aliphatic carbocycles. The van der Waals surface area contributed by atoms with Crippen molar-refractivity contribution in [3.63, 3.8) is 0 Å². The van der Waals surface area contributed by atoms with E-state index in [0.29, 0.717) is 0 Å². The molecule has 3 aliphatic rings. The molecule has 2 saturated heterocycles. The zero-order valence-corrected chi connectivity index (χ0v) is 16.8. The number of ether oxygens (including phenoxy) is 2. The minimum absolute atomic E-state index is 0. The van der Waals surface area contributed by atoms with Gasteiger partial charge in [0.25, 0.3) is 0 Å². The van der Waals surface area contributed by atoms with E-state index in [1.54, 1.807) is 0 Å². The van der Waals surface area contributed by atoms with Gasteiger partial charge in [-0.1, -0.05) is 5.11 Å². The van der Waals surface area contributed by atoms with Gasteiger partial charge in [-0.2, -0.15) is 0 Å². The van der Waals surface area contributed by atoms with Crippen LogP contribution < -0.4 is 0 Å². The number of nitrogens with zero attached hydrogens (tertiary/aromatic N) is 4. The normalized spacial score (nSPS) is 33.5. The summed E-state index contributed by atoms with van der Waals surface area (Å²) in [6.45, 7) is 2.81. The standard InChI is InChI=1S/C15H18N4O9S.Na.H/c1-7(20)27-12-13(28-8(2)21)19(4,17-16-12)6-15(3)11(14(23)24)18-9(22)5-10(18)29(15,25)26;;/h10-11H,5-6H2,1-4H3;;/p+1/t10-,11-,15-,19?;;/m0../s1. The van der Waals surface area contributed by atoms with Crippen LogP contribution in [0.25, 0.3) is 0 Å². The van der Waals surface area contributed by atoms with E-state index in [-0.39, 0.29) is 41.9 Å². The van der Waals surface area contributed by atoms with E-state index >= 15 is 0 Å². The summed E-state index contributed by atoms with van der Waals surface area (Å²) in [4.78, 5) is 47.5. The molecule has 1 unspecified atom stereocenters. The number of rotatable bonds is 5. The molecule has 13 nitrogen and oxygen atoms in total. The van der Waals surface area contributed by atoms with Gasteiger partial charge in [0.1, 0.15) is 19.0 Å². The van der Waals surface area contributed by atoms with Crippen molar-refractivity contribution in [2.24, 2.45) is 10.3 Å². The number of carboxylic acids is 1. The quantitative estimate of drug-likeness (QED) is 0.227. The molecular formula is C15H20N4NaO9S+. The van der Waals surface area contributed by atoms with Crippen molar-refractivity contribution in [1.29, 1.82) is 0 Å². The van der Waals surface area contributed by atoms with Crippen LogP contribution in [0.5, 0.6) is 0 Å². The molecule has 4 atom stereocenters. The number of aliphatic carboxylic acids is 1. The van der Waals surface area contributed by atoms with Crippen LogP contribution >= 0.6 is 0 Å². The number of amides is 1. The van der Waals surface area contributed by atoms with Crippen LogP contribution in [0.1, 0.15) is 27.2 Å². The number of carbonyl (C=O) groups is 4. The summed E-state index contributed by atoms with van der Waals surface area (Å²) in [5.74, 6) is -4.48. The van der Waals surface area contributed by atoms with E-state index in [9.17, 15) is 32.7 Å². The second-order valence-corrected chi connectivity index (χ2v) is 9.91. The molecular weight excluding hydrogens is 435 g/mol. The van der Waals surface area contributed by atoms with Gasteiger partial charge in [0.05, 0.1) is 6.42 Å². The average Bonchev–Trinajstić information content (AvgIpc) is 2.90. The Bertz CT molecular complexity index is 1010. The van der Waals surface area contributed by atoms with Gasteiger partial charge in [0.15, 0.2) is 20.6 Å². The maximum absolute atomic E-state index is 13.1. The minimum atomic E-state index is -4.14. The average molecular weight is 455 g/mol. The molecule has 3 aliphatic heterocycles. The first-order valence-electron chi connectivity index (χ1n) is 8.42. The van der Waals surface area contributed by atoms with E-state index in [1.165, 1.54) is 14.0 Å². The predicted molar refractivity (Wildman–Crippen MR) is 97.6 cm³/mol. The zero-order chi connectivity index (χ0) is 21.9. The molecule has 0 aromatic rings. The SMILES string of the molecule is CC(=O)OC1=C(OC(C)=O)[N+](C)(C[C@@]2(C)[C@H](C(=O)O)N3C(=O)C[C@@H]3S2(=O)=O)N=N1.[NaH]. The van der Waals surface area contributed by atoms with Crippen LogP contribution in [0, 0.1) is 0 Å². The molecule has 0 aromatic carbocycles. The van der Waals surface area contributed by atoms with Gasteiger partial charge in [-0.25, -0.2) is 13.2 Å². The van der Waals surface area contributed by atoms with Gasteiger partial charge in [0.2, 0.25) is 5.91 Å². The van der Waals surface area contributed by atoms with Crippen molar-refractivity contribution < 1.29 is 46.8 Å². The van der Waals surface area contributed by atoms with Gasteiger partial charge in [-0.15, -0.1) is 4.59 Å². The Hall–Kier alpha value is -1.87. The molecule has 0 spiro atoms. The fourth-order valence-corrected chi connectivity index (χ4v) is 6.39. The number of quaternary nitrogens is 1. The van der Waals surface area contributed by atoms with E-state index in [2.05, 4.69) is 10.3 Å². The van der Waals surface area contributed by atoms with Crippen molar-refractivity contribution in [2.75, 3.05) is 13.6 Å². The Morgan fingerprint density at radius 1 is 1.27 bits per heavy atom. The molecule has 30 heavy (non-hydrogen) atoms. The van der Waals surface area contributed by atoms with Crippen LogP contribution in [0.4, 0.5) is 0 Å². The van der Waals surface area contributed by atoms with Crippen LogP contribution in [0.2, 0.25) is 0 Å². The van der Waals surface area contributed by atoms with Crippen molar-refractivity contribution in [3.8, 4) is 0 Å². The van der Waals surface area contributed by atoms with Crippen molar-refractivity contribution in [3.05, 3.63) is 11.8 Å². The van der Waals surface area contributed by atoms with E-state index < -0.39 is 66.8 Å².